The van der Waals surface area contributed by atoms with Gasteiger partial charge in [-0.05, 0) is 18.2 Å². The molecule has 72 valence electrons. The van der Waals surface area contributed by atoms with Gasteiger partial charge in [0.15, 0.2) is 0 Å². The zero-order valence-electron chi connectivity index (χ0n) is 6.50. The second-order valence-electron chi connectivity index (χ2n) is 2.34. The molecule has 0 heterocycles. The minimum atomic E-state index is -3.39. The van der Waals surface area contributed by atoms with Crippen LogP contribution in [0.4, 0.5) is 5.69 Å². The van der Waals surface area contributed by atoms with Crippen molar-refractivity contribution >= 4 is 43.2 Å². The van der Waals surface area contributed by atoms with E-state index in [1.165, 1.54) is 0 Å². The summed E-state index contributed by atoms with van der Waals surface area (Å²) in [5, 5.41) is -0.445. The maximum absolute atomic E-state index is 11.0. The quantitative estimate of drug-likeness (QED) is 0.866. The largest absolute Gasteiger partial charge is 0.283 e. The summed E-state index contributed by atoms with van der Waals surface area (Å²) >= 11 is 8.44. The van der Waals surface area contributed by atoms with Crippen molar-refractivity contribution in [2.24, 2.45) is 0 Å². The first-order valence-corrected chi connectivity index (χ1v) is 6.33. The van der Waals surface area contributed by atoms with Gasteiger partial charge in [0, 0.05) is 10.2 Å². The summed E-state index contributed by atoms with van der Waals surface area (Å²) < 4.78 is 25.2. The van der Waals surface area contributed by atoms with Gasteiger partial charge in [-0.15, -0.1) is 11.6 Å². The number of halogens is 2. The summed E-state index contributed by atoms with van der Waals surface area (Å²) in [5.41, 5.74) is 0.495. The average molecular weight is 285 g/mol. The topological polar surface area (TPSA) is 46.2 Å². The molecule has 6 heteroatoms. The molecule has 1 aromatic rings. The molecule has 0 saturated heterocycles. The molecule has 0 aliphatic rings. The summed E-state index contributed by atoms with van der Waals surface area (Å²) in [4.78, 5) is 0. The summed E-state index contributed by atoms with van der Waals surface area (Å²) in [6.07, 6.45) is 0. The Hall–Kier alpha value is -0.260. The van der Waals surface area contributed by atoms with E-state index in [4.69, 9.17) is 11.6 Å². The van der Waals surface area contributed by atoms with E-state index >= 15 is 0 Å². The third-order valence-corrected chi connectivity index (χ3v) is 3.43. The van der Waals surface area contributed by atoms with Crippen LogP contribution < -0.4 is 4.72 Å². The summed E-state index contributed by atoms with van der Waals surface area (Å²) in [5.74, 6) is 0. The Labute approximate surface area is 90.3 Å². The smallest absolute Gasteiger partial charge is 0.246 e. The van der Waals surface area contributed by atoms with Crippen LogP contribution >= 0.6 is 27.5 Å². The molecule has 0 aliphatic carbocycles. The van der Waals surface area contributed by atoms with E-state index < -0.39 is 15.2 Å². The molecule has 0 radical (unpaired) electrons. The highest BCUT2D eigenvalue weighted by molar-refractivity contribution is 9.10. The summed E-state index contributed by atoms with van der Waals surface area (Å²) in [7, 11) is -3.39. The molecular weight excluding hydrogens is 278 g/mol. The fourth-order valence-electron chi connectivity index (χ4n) is 0.759. The van der Waals surface area contributed by atoms with Gasteiger partial charge in [0.1, 0.15) is 5.21 Å². The van der Waals surface area contributed by atoms with Gasteiger partial charge in [-0.2, -0.15) is 0 Å². The molecular formula is C7H7BrClNO2S. The Morgan fingerprint density at radius 2 is 2.15 bits per heavy atom. The minimum absolute atomic E-state index is 0.445. The second kappa shape index (κ2) is 4.30. The van der Waals surface area contributed by atoms with Gasteiger partial charge in [-0.25, -0.2) is 8.42 Å². The second-order valence-corrected chi connectivity index (χ2v) is 5.56. The van der Waals surface area contributed by atoms with Crippen LogP contribution in [0.3, 0.4) is 0 Å². The van der Waals surface area contributed by atoms with Crippen molar-refractivity contribution in [3.63, 3.8) is 0 Å². The normalized spacial score (nSPS) is 11.2. The van der Waals surface area contributed by atoms with Crippen molar-refractivity contribution in [2.45, 2.75) is 0 Å². The molecule has 1 rings (SSSR count). The average Bonchev–Trinajstić information content (AvgIpc) is 2.03. The molecule has 0 aliphatic heterocycles. The maximum atomic E-state index is 11.0. The Balaban J connectivity index is 2.87. The minimum Gasteiger partial charge on any atom is -0.283 e. The van der Waals surface area contributed by atoms with Gasteiger partial charge in [-0.3, -0.25) is 4.72 Å². The molecule has 0 bridgehead atoms. The van der Waals surface area contributed by atoms with Crippen LogP contribution in [0, 0.1) is 0 Å². The van der Waals surface area contributed by atoms with Gasteiger partial charge >= 0.3 is 0 Å². The Morgan fingerprint density at radius 1 is 1.46 bits per heavy atom. The summed E-state index contributed by atoms with van der Waals surface area (Å²) in [6.45, 7) is 0. The molecule has 0 amide bonds. The van der Waals surface area contributed by atoms with E-state index in [-0.39, 0.29) is 0 Å². The van der Waals surface area contributed by atoms with Crippen LogP contribution in [0.25, 0.3) is 0 Å². The van der Waals surface area contributed by atoms with E-state index in [9.17, 15) is 8.42 Å². The van der Waals surface area contributed by atoms with E-state index in [2.05, 4.69) is 20.7 Å². The molecule has 0 unspecified atom stereocenters. The van der Waals surface area contributed by atoms with Crippen LogP contribution in [0.1, 0.15) is 0 Å². The Morgan fingerprint density at radius 3 is 2.69 bits per heavy atom. The van der Waals surface area contributed by atoms with Crippen molar-refractivity contribution in [1.29, 1.82) is 0 Å². The standard InChI is InChI=1S/C7H7BrClNO2S/c8-6-2-1-3-7(4-6)10-13(11,12)5-9/h1-4,10H,5H2. The van der Waals surface area contributed by atoms with Crippen molar-refractivity contribution in [3.05, 3.63) is 28.7 Å². The molecule has 3 nitrogen and oxygen atoms in total. The fraction of sp³-hybridized carbons (Fsp3) is 0.143. The molecule has 0 fully saturated rings. The number of hydrogen-bond acceptors (Lipinski definition) is 2. The number of sulfonamides is 1. The molecule has 1 aromatic carbocycles. The van der Waals surface area contributed by atoms with Crippen LogP contribution in [-0.2, 0) is 10.0 Å². The number of alkyl halides is 1. The first-order valence-electron chi connectivity index (χ1n) is 3.35. The zero-order valence-corrected chi connectivity index (χ0v) is 9.66. The van der Waals surface area contributed by atoms with Crippen LogP contribution in [0.2, 0.25) is 0 Å². The number of nitrogens with one attached hydrogen (secondary N) is 1. The SMILES string of the molecule is O=S(=O)(CCl)Nc1cccc(Br)c1. The van der Waals surface area contributed by atoms with Gasteiger partial charge in [0.2, 0.25) is 10.0 Å². The lowest BCUT2D eigenvalue weighted by molar-refractivity contribution is 0.605. The van der Waals surface area contributed by atoms with Crippen molar-refractivity contribution < 1.29 is 8.42 Å². The van der Waals surface area contributed by atoms with Crippen molar-refractivity contribution in [2.75, 3.05) is 9.93 Å². The number of rotatable bonds is 3. The van der Waals surface area contributed by atoms with E-state index in [1.54, 1.807) is 24.3 Å². The Bertz CT molecular complexity index is 393. The van der Waals surface area contributed by atoms with Crippen LogP contribution in [0.15, 0.2) is 28.7 Å². The highest BCUT2D eigenvalue weighted by Crippen LogP contribution is 2.16. The lowest BCUT2D eigenvalue weighted by Gasteiger charge is -2.04. The van der Waals surface area contributed by atoms with Gasteiger partial charge in [0.25, 0.3) is 0 Å². The molecule has 0 atom stereocenters. The highest BCUT2D eigenvalue weighted by Gasteiger charge is 2.07. The number of anilines is 1. The molecule has 0 spiro atoms. The Kier molecular flexibility index (Phi) is 3.58. The van der Waals surface area contributed by atoms with Gasteiger partial charge in [0.05, 0.1) is 0 Å². The molecule has 0 aromatic heterocycles. The first kappa shape index (κ1) is 10.8. The molecule has 1 N–H and O–H groups in total. The predicted octanol–water partition coefficient (Wildman–Crippen LogP) is 2.39. The molecule has 13 heavy (non-hydrogen) atoms. The van der Waals surface area contributed by atoms with E-state index in [0.29, 0.717) is 5.69 Å². The van der Waals surface area contributed by atoms with Gasteiger partial charge in [-0.1, -0.05) is 22.0 Å². The van der Waals surface area contributed by atoms with E-state index in [0.717, 1.165) is 4.47 Å². The lowest BCUT2D eigenvalue weighted by atomic mass is 10.3. The first-order chi connectivity index (χ1) is 6.03. The zero-order chi connectivity index (χ0) is 9.90. The van der Waals surface area contributed by atoms with E-state index in [1.807, 2.05) is 0 Å². The number of hydrogen-bond donors (Lipinski definition) is 1. The van der Waals surface area contributed by atoms with Gasteiger partial charge < -0.3 is 0 Å². The summed E-state index contributed by atoms with van der Waals surface area (Å²) in [6, 6.07) is 6.84. The molecule has 0 saturated carbocycles. The van der Waals surface area contributed by atoms with Crippen molar-refractivity contribution in [3.8, 4) is 0 Å². The third kappa shape index (κ3) is 3.54. The number of benzene rings is 1. The fourth-order valence-corrected chi connectivity index (χ4v) is 1.86. The monoisotopic (exact) mass is 283 g/mol. The van der Waals surface area contributed by atoms with Crippen LogP contribution in [0.5, 0.6) is 0 Å². The lowest BCUT2D eigenvalue weighted by Crippen LogP contribution is -2.13. The maximum Gasteiger partial charge on any atom is 0.246 e. The van der Waals surface area contributed by atoms with Crippen molar-refractivity contribution in [1.82, 2.24) is 0 Å². The predicted molar refractivity (Wildman–Crippen MR) is 57.4 cm³/mol. The third-order valence-electron chi connectivity index (χ3n) is 1.24. The highest BCUT2D eigenvalue weighted by atomic mass is 79.9. The van der Waals surface area contributed by atoms with Crippen LogP contribution in [-0.4, -0.2) is 13.6 Å².